The molecule has 0 aliphatic carbocycles. The van der Waals surface area contributed by atoms with Crippen molar-refractivity contribution < 1.29 is 14.7 Å². The van der Waals surface area contributed by atoms with Gasteiger partial charge in [0.1, 0.15) is 12.7 Å². The summed E-state index contributed by atoms with van der Waals surface area (Å²) in [7, 11) is 0. The van der Waals surface area contributed by atoms with E-state index in [1.165, 1.54) is 0 Å². The maximum absolute atomic E-state index is 12.3. The Morgan fingerprint density at radius 1 is 1.21 bits per heavy atom. The zero-order valence-corrected chi connectivity index (χ0v) is 13.3. The molecule has 1 aromatic heterocycles. The van der Waals surface area contributed by atoms with Crippen LogP contribution in [0.25, 0.3) is 0 Å². The molecule has 1 N–H and O–H groups in total. The predicted octanol–water partition coefficient (Wildman–Crippen LogP) is 1.46. The Morgan fingerprint density at radius 2 is 1.96 bits per heavy atom. The maximum atomic E-state index is 12.3. The summed E-state index contributed by atoms with van der Waals surface area (Å²) >= 11 is 0. The third kappa shape index (κ3) is 3.79. The summed E-state index contributed by atoms with van der Waals surface area (Å²) < 4.78 is 1.79. The number of carbonyl (C=O) groups is 2. The zero-order chi connectivity index (χ0) is 16.9. The minimum Gasteiger partial charge on any atom is -0.478 e. The first kappa shape index (κ1) is 16.2. The SMILES string of the molecule is O=C(O)c1ccccc1CC1CCN(C(=O)CCn2cnnc2)C1. The summed E-state index contributed by atoms with van der Waals surface area (Å²) in [4.78, 5) is 25.5. The standard InChI is InChI=1S/C17H20N4O3/c22-16(6-7-20-11-18-19-12-20)21-8-5-13(10-21)9-14-3-1-2-4-15(14)17(23)24/h1-4,11-13H,5-10H2,(H,23,24). The normalized spacial score (nSPS) is 17.2. The number of hydrogen-bond donors (Lipinski definition) is 1. The van der Waals surface area contributed by atoms with Crippen molar-refractivity contribution >= 4 is 11.9 Å². The summed E-state index contributed by atoms with van der Waals surface area (Å²) in [6.45, 7) is 2.00. The smallest absolute Gasteiger partial charge is 0.335 e. The van der Waals surface area contributed by atoms with Gasteiger partial charge >= 0.3 is 5.97 Å². The van der Waals surface area contributed by atoms with Crippen LogP contribution in [0, 0.1) is 5.92 Å². The Balaban J connectivity index is 1.54. The van der Waals surface area contributed by atoms with Crippen molar-refractivity contribution in [3.8, 4) is 0 Å². The highest BCUT2D eigenvalue weighted by Gasteiger charge is 2.27. The second-order valence-electron chi connectivity index (χ2n) is 6.11. The van der Waals surface area contributed by atoms with E-state index >= 15 is 0 Å². The number of carboxylic acid groups (broad SMARTS) is 1. The number of hydrogen-bond acceptors (Lipinski definition) is 4. The van der Waals surface area contributed by atoms with E-state index in [0.717, 1.165) is 18.5 Å². The molecule has 7 nitrogen and oxygen atoms in total. The molecule has 126 valence electrons. The van der Waals surface area contributed by atoms with Crippen LogP contribution in [0.15, 0.2) is 36.9 Å². The third-order valence-corrected chi connectivity index (χ3v) is 4.45. The van der Waals surface area contributed by atoms with Gasteiger partial charge in [-0.15, -0.1) is 10.2 Å². The van der Waals surface area contributed by atoms with Crippen LogP contribution in [-0.2, 0) is 17.8 Å². The topological polar surface area (TPSA) is 88.3 Å². The predicted molar refractivity (Wildman–Crippen MR) is 86.4 cm³/mol. The fourth-order valence-corrected chi connectivity index (χ4v) is 3.16. The van der Waals surface area contributed by atoms with Gasteiger partial charge in [0.2, 0.25) is 5.91 Å². The first-order valence-corrected chi connectivity index (χ1v) is 8.05. The lowest BCUT2D eigenvalue weighted by Gasteiger charge is -2.17. The number of nitrogens with zero attached hydrogens (tertiary/aromatic N) is 4. The van der Waals surface area contributed by atoms with Gasteiger partial charge in [-0.05, 0) is 30.4 Å². The molecular weight excluding hydrogens is 308 g/mol. The molecule has 1 aromatic carbocycles. The van der Waals surface area contributed by atoms with Crippen LogP contribution in [-0.4, -0.2) is 49.7 Å². The molecule has 1 saturated heterocycles. The van der Waals surface area contributed by atoms with E-state index in [2.05, 4.69) is 10.2 Å². The molecular formula is C17H20N4O3. The van der Waals surface area contributed by atoms with Gasteiger partial charge in [-0.25, -0.2) is 4.79 Å². The molecule has 24 heavy (non-hydrogen) atoms. The molecule has 1 unspecified atom stereocenters. The second-order valence-corrected chi connectivity index (χ2v) is 6.11. The molecule has 2 heterocycles. The van der Waals surface area contributed by atoms with Gasteiger partial charge in [0, 0.05) is 26.1 Å². The minimum atomic E-state index is -0.898. The van der Waals surface area contributed by atoms with Crippen molar-refractivity contribution in [1.29, 1.82) is 0 Å². The molecule has 1 aliphatic rings. The van der Waals surface area contributed by atoms with Crippen molar-refractivity contribution in [2.24, 2.45) is 5.92 Å². The van der Waals surface area contributed by atoms with Crippen molar-refractivity contribution in [2.45, 2.75) is 25.8 Å². The van der Waals surface area contributed by atoms with Crippen molar-refractivity contribution in [3.63, 3.8) is 0 Å². The van der Waals surface area contributed by atoms with Gasteiger partial charge in [-0.3, -0.25) is 4.79 Å². The average Bonchev–Trinajstić information content (AvgIpc) is 3.24. The zero-order valence-electron chi connectivity index (χ0n) is 13.3. The lowest BCUT2D eigenvalue weighted by atomic mass is 9.95. The number of benzene rings is 1. The molecule has 1 atom stereocenters. The fraction of sp³-hybridized carbons (Fsp3) is 0.412. The van der Waals surface area contributed by atoms with E-state index < -0.39 is 5.97 Å². The molecule has 1 fully saturated rings. The van der Waals surface area contributed by atoms with E-state index in [-0.39, 0.29) is 5.91 Å². The van der Waals surface area contributed by atoms with Crippen LogP contribution in [0.1, 0.15) is 28.8 Å². The first-order valence-electron chi connectivity index (χ1n) is 8.05. The molecule has 0 spiro atoms. The molecule has 1 amide bonds. The van der Waals surface area contributed by atoms with Crippen LogP contribution < -0.4 is 0 Å². The highest BCUT2D eigenvalue weighted by molar-refractivity contribution is 5.89. The molecule has 3 rings (SSSR count). The van der Waals surface area contributed by atoms with Crippen LogP contribution >= 0.6 is 0 Å². The molecule has 1 aliphatic heterocycles. The lowest BCUT2D eigenvalue weighted by molar-refractivity contribution is -0.130. The van der Waals surface area contributed by atoms with Crippen LogP contribution in [0.5, 0.6) is 0 Å². The van der Waals surface area contributed by atoms with Crippen molar-refractivity contribution in [2.75, 3.05) is 13.1 Å². The van der Waals surface area contributed by atoms with Crippen molar-refractivity contribution in [1.82, 2.24) is 19.7 Å². The summed E-state index contributed by atoms with van der Waals surface area (Å²) in [6.07, 6.45) is 5.23. The Morgan fingerprint density at radius 3 is 2.71 bits per heavy atom. The molecule has 7 heteroatoms. The maximum Gasteiger partial charge on any atom is 0.335 e. The summed E-state index contributed by atoms with van der Waals surface area (Å²) in [6, 6.07) is 7.09. The number of aromatic nitrogens is 3. The fourth-order valence-electron chi connectivity index (χ4n) is 3.16. The number of amides is 1. The Labute approximate surface area is 139 Å². The molecule has 0 saturated carbocycles. The number of carbonyl (C=O) groups excluding carboxylic acids is 1. The summed E-state index contributed by atoms with van der Waals surface area (Å²) in [5.74, 6) is -0.465. The quantitative estimate of drug-likeness (QED) is 0.867. The van der Waals surface area contributed by atoms with E-state index in [4.69, 9.17) is 0 Å². The van der Waals surface area contributed by atoms with Crippen LogP contribution in [0.4, 0.5) is 0 Å². The number of likely N-dealkylation sites (tertiary alicyclic amines) is 1. The number of carboxylic acids is 1. The molecule has 2 aromatic rings. The Hall–Kier alpha value is -2.70. The van der Waals surface area contributed by atoms with E-state index in [1.54, 1.807) is 29.4 Å². The number of aryl methyl sites for hydroxylation is 1. The Kier molecular flexibility index (Phi) is 4.88. The van der Waals surface area contributed by atoms with Gasteiger partial charge in [-0.1, -0.05) is 18.2 Å². The second kappa shape index (κ2) is 7.25. The molecule has 0 radical (unpaired) electrons. The Bertz CT molecular complexity index is 714. The first-order chi connectivity index (χ1) is 11.6. The number of rotatable bonds is 6. The van der Waals surface area contributed by atoms with Gasteiger partial charge in [0.05, 0.1) is 5.56 Å². The van der Waals surface area contributed by atoms with Gasteiger partial charge in [0.15, 0.2) is 0 Å². The van der Waals surface area contributed by atoms with Gasteiger partial charge in [0.25, 0.3) is 0 Å². The lowest BCUT2D eigenvalue weighted by Crippen LogP contribution is -2.29. The minimum absolute atomic E-state index is 0.123. The van der Waals surface area contributed by atoms with Gasteiger partial charge < -0.3 is 14.6 Å². The average molecular weight is 328 g/mol. The third-order valence-electron chi connectivity index (χ3n) is 4.45. The monoisotopic (exact) mass is 328 g/mol. The van der Waals surface area contributed by atoms with E-state index in [1.807, 2.05) is 17.0 Å². The van der Waals surface area contributed by atoms with Crippen LogP contribution in [0.2, 0.25) is 0 Å². The summed E-state index contributed by atoms with van der Waals surface area (Å²) in [5.41, 5.74) is 1.20. The van der Waals surface area contributed by atoms with Gasteiger partial charge in [-0.2, -0.15) is 0 Å². The van der Waals surface area contributed by atoms with E-state index in [9.17, 15) is 14.7 Å². The highest BCUT2D eigenvalue weighted by atomic mass is 16.4. The molecule has 0 bridgehead atoms. The van der Waals surface area contributed by atoms with E-state index in [0.29, 0.717) is 37.4 Å². The summed E-state index contributed by atoms with van der Waals surface area (Å²) in [5, 5.41) is 16.7. The highest BCUT2D eigenvalue weighted by Crippen LogP contribution is 2.23. The largest absolute Gasteiger partial charge is 0.478 e. The number of aromatic carboxylic acids is 1. The van der Waals surface area contributed by atoms with Crippen LogP contribution in [0.3, 0.4) is 0 Å². The van der Waals surface area contributed by atoms with Crippen molar-refractivity contribution in [3.05, 3.63) is 48.0 Å².